The molecule has 0 aliphatic carbocycles. The number of piperazine rings is 1. The Labute approximate surface area is 132 Å². The Morgan fingerprint density at radius 3 is 2.62 bits per heavy atom. The number of benzene rings is 1. The second kappa shape index (κ2) is 8.44. The lowest BCUT2D eigenvalue weighted by Crippen LogP contribution is -2.51. The third-order valence-electron chi connectivity index (χ3n) is 4.17. The van der Waals surface area contributed by atoms with Crippen molar-refractivity contribution in [2.75, 3.05) is 39.0 Å². The maximum absolute atomic E-state index is 12.2. The van der Waals surface area contributed by atoms with Gasteiger partial charge in [0.1, 0.15) is 0 Å². The molecule has 0 radical (unpaired) electrons. The van der Waals surface area contributed by atoms with Crippen LogP contribution in [-0.4, -0.2) is 59.9 Å². The number of amides is 1. The second-order valence-electron chi connectivity index (χ2n) is 5.73. The van der Waals surface area contributed by atoms with Crippen molar-refractivity contribution in [3.8, 4) is 0 Å². The van der Waals surface area contributed by atoms with Crippen LogP contribution in [-0.2, 0) is 11.2 Å². The van der Waals surface area contributed by atoms with E-state index in [1.165, 1.54) is 12.0 Å². The quantitative estimate of drug-likeness (QED) is 0.773. The number of carbonyl (C=O) groups excluding carboxylic acids is 1. The van der Waals surface area contributed by atoms with E-state index in [1.54, 1.807) is 0 Å². The van der Waals surface area contributed by atoms with Crippen LogP contribution in [0.5, 0.6) is 0 Å². The highest BCUT2D eigenvalue weighted by molar-refractivity contribution is 7.99. The molecule has 1 aliphatic heterocycles. The summed E-state index contributed by atoms with van der Waals surface area (Å²) in [6, 6.07) is 10.4. The highest BCUT2D eigenvalue weighted by Gasteiger charge is 2.23. The zero-order valence-electron chi connectivity index (χ0n) is 13.1. The van der Waals surface area contributed by atoms with E-state index >= 15 is 0 Å². The minimum atomic E-state index is 0.286. The van der Waals surface area contributed by atoms with Gasteiger partial charge >= 0.3 is 0 Å². The van der Waals surface area contributed by atoms with Crippen molar-refractivity contribution >= 4 is 17.7 Å². The van der Waals surface area contributed by atoms with Crippen molar-refractivity contribution < 1.29 is 4.79 Å². The first-order valence-electron chi connectivity index (χ1n) is 7.76. The van der Waals surface area contributed by atoms with Crippen molar-refractivity contribution in [2.24, 2.45) is 0 Å². The molecular weight excluding hydrogens is 280 g/mol. The Morgan fingerprint density at radius 2 is 1.95 bits per heavy atom. The van der Waals surface area contributed by atoms with E-state index in [0.29, 0.717) is 11.8 Å². The largest absolute Gasteiger partial charge is 0.340 e. The summed E-state index contributed by atoms with van der Waals surface area (Å²) < 4.78 is 0. The van der Waals surface area contributed by atoms with Gasteiger partial charge in [-0.25, -0.2) is 0 Å². The summed E-state index contributed by atoms with van der Waals surface area (Å²) in [6.45, 7) is 6.62. The molecule has 4 heteroatoms. The van der Waals surface area contributed by atoms with Crippen LogP contribution in [0.15, 0.2) is 30.3 Å². The highest BCUT2D eigenvalue weighted by Crippen LogP contribution is 2.12. The van der Waals surface area contributed by atoms with Gasteiger partial charge in [0, 0.05) is 24.9 Å². The van der Waals surface area contributed by atoms with E-state index < -0.39 is 0 Å². The molecule has 2 rings (SSSR count). The minimum Gasteiger partial charge on any atom is -0.340 e. The first-order chi connectivity index (χ1) is 10.2. The SMILES string of the molecule is CSC(C)CCN1CCN(CCc2ccccc2)C(=O)C1. The van der Waals surface area contributed by atoms with Crippen molar-refractivity contribution in [2.45, 2.75) is 25.0 Å². The van der Waals surface area contributed by atoms with E-state index in [9.17, 15) is 4.79 Å². The maximum atomic E-state index is 12.2. The van der Waals surface area contributed by atoms with E-state index in [-0.39, 0.29) is 5.91 Å². The standard InChI is InChI=1S/C17H26N2OS/c1-15(21-2)8-10-18-12-13-19(17(20)14-18)11-9-16-6-4-3-5-7-16/h3-7,15H,8-14H2,1-2H3. The zero-order chi connectivity index (χ0) is 15.1. The predicted molar refractivity (Wildman–Crippen MR) is 90.8 cm³/mol. The molecule has 116 valence electrons. The molecule has 1 amide bonds. The van der Waals surface area contributed by atoms with Crippen LogP contribution >= 0.6 is 11.8 Å². The van der Waals surface area contributed by atoms with E-state index in [4.69, 9.17) is 0 Å². The van der Waals surface area contributed by atoms with E-state index in [2.05, 4.69) is 42.3 Å². The third-order valence-corrected chi connectivity index (χ3v) is 5.21. The maximum Gasteiger partial charge on any atom is 0.236 e. The van der Waals surface area contributed by atoms with Crippen LogP contribution in [0.2, 0.25) is 0 Å². The van der Waals surface area contributed by atoms with Crippen LogP contribution in [0.4, 0.5) is 0 Å². The van der Waals surface area contributed by atoms with Crippen LogP contribution in [0.25, 0.3) is 0 Å². The lowest BCUT2D eigenvalue weighted by Gasteiger charge is -2.34. The van der Waals surface area contributed by atoms with Crippen molar-refractivity contribution in [3.63, 3.8) is 0 Å². The summed E-state index contributed by atoms with van der Waals surface area (Å²) in [7, 11) is 0. The van der Waals surface area contributed by atoms with Gasteiger partial charge in [0.25, 0.3) is 0 Å². The smallest absolute Gasteiger partial charge is 0.236 e. The summed E-state index contributed by atoms with van der Waals surface area (Å²) in [5, 5.41) is 0.677. The molecule has 1 fully saturated rings. The summed E-state index contributed by atoms with van der Waals surface area (Å²) >= 11 is 1.90. The number of hydrogen-bond acceptors (Lipinski definition) is 3. The first kappa shape index (κ1) is 16.4. The van der Waals surface area contributed by atoms with Gasteiger partial charge in [0.15, 0.2) is 0 Å². The fourth-order valence-electron chi connectivity index (χ4n) is 2.58. The molecule has 3 nitrogen and oxygen atoms in total. The van der Waals surface area contributed by atoms with Crippen molar-refractivity contribution in [1.29, 1.82) is 0 Å². The van der Waals surface area contributed by atoms with Gasteiger partial charge < -0.3 is 4.90 Å². The molecule has 1 atom stereocenters. The molecule has 0 saturated carbocycles. The van der Waals surface area contributed by atoms with Crippen LogP contribution in [0.3, 0.4) is 0 Å². The first-order valence-corrected chi connectivity index (χ1v) is 9.04. The number of rotatable bonds is 7. The van der Waals surface area contributed by atoms with Gasteiger partial charge in [0.05, 0.1) is 6.54 Å². The lowest BCUT2D eigenvalue weighted by atomic mass is 10.1. The average Bonchev–Trinajstić information content (AvgIpc) is 2.52. The van der Waals surface area contributed by atoms with Crippen LogP contribution < -0.4 is 0 Å². The molecule has 0 spiro atoms. The van der Waals surface area contributed by atoms with Gasteiger partial charge in [-0.3, -0.25) is 9.69 Å². The number of thioether (sulfide) groups is 1. The molecule has 21 heavy (non-hydrogen) atoms. The Morgan fingerprint density at radius 1 is 1.19 bits per heavy atom. The van der Waals surface area contributed by atoms with E-state index in [1.807, 2.05) is 22.7 Å². The minimum absolute atomic E-state index is 0.286. The topological polar surface area (TPSA) is 23.6 Å². The third kappa shape index (κ3) is 5.36. The monoisotopic (exact) mass is 306 g/mol. The molecule has 1 heterocycles. The van der Waals surface area contributed by atoms with Crippen molar-refractivity contribution in [3.05, 3.63) is 35.9 Å². The summed E-state index contributed by atoms with van der Waals surface area (Å²) in [4.78, 5) is 16.5. The Hall–Kier alpha value is -1.00. The molecule has 1 unspecified atom stereocenters. The van der Waals surface area contributed by atoms with Crippen molar-refractivity contribution in [1.82, 2.24) is 9.80 Å². The summed E-state index contributed by atoms with van der Waals surface area (Å²) in [6.07, 6.45) is 4.27. The molecule has 1 saturated heterocycles. The fourth-order valence-corrected chi connectivity index (χ4v) is 2.92. The van der Waals surface area contributed by atoms with Gasteiger partial charge in [0.2, 0.25) is 5.91 Å². The zero-order valence-corrected chi connectivity index (χ0v) is 13.9. The Kier molecular flexibility index (Phi) is 6.58. The Bertz CT molecular complexity index is 438. The number of hydrogen-bond donors (Lipinski definition) is 0. The molecule has 1 aliphatic rings. The van der Waals surface area contributed by atoms with Gasteiger partial charge in [-0.2, -0.15) is 11.8 Å². The molecule has 1 aromatic rings. The molecule has 1 aromatic carbocycles. The van der Waals surface area contributed by atoms with Crippen LogP contribution in [0.1, 0.15) is 18.9 Å². The van der Waals surface area contributed by atoms with Gasteiger partial charge in [-0.1, -0.05) is 37.3 Å². The second-order valence-corrected chi connectivity index (χ2v) is 7.00. The van der Waals surface area contributed by atoms with E-state index in [0.717, 1.165) is 32.6 Å². The molecule has 0 bridgehead atoms. The summed E-state index contributed by atoms with van der Waals surface area (Å²) in [5.41, 5.74) is 1.31. The Balaban J connectivity index is 1.72. The van der Waals surface area contributed by atoms with Gasteiger partial charge in [-0.05, 0) is 31.2 Å². The summed E-state index contributed by atoms with van der Waals surface area (Å²) in [5.74, 6) is 0.286. The normalized spacial score (nSPS) is 18.0. The average molecular weight is 306 g/mol. The number of nitrogens with zero attached hydrogens (tertiary/aromatic N) is 2. The lowest BCUT2D eigenvalue weighted by molar-refractivity contribution is -0.135. The molecule has 0 aromatic heterocycles. The highest BCUT2D eigenvalue weighted by atomic mass is 32.2. The van der Waals surface area contributed by atoms with Crippen LogP contribution in [0, 0.1) is 0 Å². The van der Waals surface area contributed by atoms with Gasteiger partial charge in [-0.15, -0.1) is 0 Å². The molecular formula is C17H26N2OS. The predicted octanol–water partition coefficient (Wildman–Crippen LogP) is 2.51. The molecule has 0 N–H and O–H groups in total. The fraction of sp³-hybridized carbons (Fsp3) is 0.588. The number of carbonyl (C=O) groups is 1.